The van der Waals surface area contributed by atoms with Crippen molar-refractivity contribution in [2.45, 2.75) is 132 Å². The molecule has 3 amide bonds. The Labute approximate surface area is 452 Å². The topological polar surface area (TPSA) is 87.3 Å². The zero-order valence-corrected chi connectivity index (χ0v) is 45.6. The molecule has 6 nitrogen and oxygen atoms in total. The van der Waals surface area contributed by atoms with E-state index < -0.39 is 15.5 Å². The van der Waals surface area contributed by atoms with Crippen LogP contribution in [0.1, 0.15) is 149 Å². The zero-order chi connectivity index (χ0) is 51.8. The highest BCUT2D eigenvalue weighted by molar-refractivity contribution is 8.01. The molecule has 0 radical (unpaired) electrons. The summed E-state index contributed by atoms with van der Waals surface area (Å²) in [6, 6.07) is 62.0. The summed E-state index contributed by atoms with van der Waals surface area (Å²) in [6.45, 7) is 3.21. The van der Waals surface area contributed by atoms with Crippen molar-refractivity contribution in [3.8, 4) is 0 Å². The maximum Gasteiger partial charge on any atom is 0.242 e. The van der Waals surface area contributed by atoms with Gasteiger partial charge in [0.2, 0.25) is 17.7 Å². The first-order valence-electron chi connectivity index (χ1n) is 27.6. The molecule has 0 saturated carbocycles. The lowest BCUT2D eigenvalue weighted by Crippen LogP contribution is -2.48. The molecule has 0 heterocycles. The summed E-state index contributed by atoms with van der Waals surface area (Å²) in [5.74, 6) is 0.412. The van der Waals surface area contributed by atoms with E-state index in [0.717, 1.165) is 59.1 Å². The standard InChI is InChI=1S/C66H81N3O3S2/c1-2-3-4-5-6-7-8-9-10-11-12-13-14-15-34-50-62(70)67-51-36-35-49-61(69-63(71)54-74-66(58-43-28-19-29-44-58,59-45-30-20-31-46-59)60-47-32-21-33-48-60)64(72)68-52-53-73-65(55-37-22-16-23-38-55,56-39-24-17-25-40-56)57-41-26-18-27-42-57/h9-10,16-33,37-48,61H,2-8,11-15,34-36,49-54H2,1H3,(H,67,70)(H,68,72)(H,69,71)/b10-9+. The van der Waals surface area contributed by atoms with E-state index >= 15 is 0 Å². The van der Waals surface area contributed by atoms with Gasteiger partial charge in [-0.05, 0) is 84.7 Å². The molecular weight excluding hydrogens is 947 g/mol. The number of hydrogen-bond acceptors (Lipinski definition) is 5. The Balaban J connectivity index is 1.05. The second-order valence-corrected chi connectivity index (χ2v) is 21.8. The van der Waals surface area contributed by atoms with E-state index in [4.69, 9.17) is 0 Å². The molecule has 1 unspecified atom stereocenters. The van der Waals surface area contributed by atoms with Crippen LogP contribution in [0.3, 0.4) is 0 Å². The SMILES string of the molecule is CCCCCCCC/C=C/CCCCCCCC(=O)NCCCCC(NC(=O)CSC(c1ccccc1)(c1ccccc1)c1ccccc1)C(=O)NCCSC(c1ccccc1)(c1ccccc1)c1ccccc1. The Bertz CT molecular complexity index is 2300. The number of benzene rings is 6. The van der Waals surface area contributed by atoms with E-state index in [0.29, 0.717) is 44.5 Å². The minimum absolute atomic E-state index is 0.0797. The van der Waals surface area contributed by atoms with Crippen molar-refractivity contribution in [2.75, 3.05) is 24.6 Å². The largest absolute Gasteiger partial charge is 0.356 e. The average molecular weight is 1030 g/mol. The molecule has 8 heteroatoms. The predicted octanol–water partition coefficient (Wildman–Crippen LogP) is 15.4. The summed E-state index contributed by atoms with van der Waals surface area (Å²) in [5.41, 5.74) is 6.69. The van der Waals surface area contributed by atoms with E-state index in [-0.39, 0.29) is 23.5 Å². The highest BCUT2D eigenvalue weighted by Crippen LogP contribution is 2.49. The van der Waals surface area contributed by atoms with Crippen molar-refractivity contribution in [2.24, 2.45) is 0 Å². The lowest BCUT2D eigenvalue weighted by molar-refractivity contribution is -0.128. The number of hydrogen-bond donors (Lipinski definition) is 3. The van der Waals surface area contributed by atoms with E-state index in [1.54, 1.807) is 23.5 Å². The Morgan fingerprint density at radius 1 is 0.432 bits per heavy atom. The summed E-state index contributed by atoms with van der Waals surface area (Å²) in [6.07, 6.45) is 23.0. The van der Waals surface area contributed by atoms with Gasteiger partial charge in [0, 0.05) is 25.3 Å². The molecule has 0 spiro atoms. The summed E-state index contributed by atoms with van der Waals surface area (Å²) in [7, 11) is 0. The van der Waals surface area contributed by atoms with Gasteiger partial charge in [0.1, 0.15) is 6.04 Å². The smallest absolute Gasteiger partial charge is 0.242 e. The molecule has 1 atom stereocenters. The first-order valence-corrected chi connectivity index (χ1v) is 29.5. The fourth-order valence-electron chi connectivity index (χ4n) is 9.86. The molecular formula is C66H81N3O3S2. The number of allylic oxidation sites excluding steroid dienone is 2. The molecule has 0 aliphatic rings. The number of rotatable bonds is 35. The van der Waals surface area contributed by atoms with Gasteiger partial charge in [0.25, 0.3) is 0 Å². The number of unbranched alkanes of at least 4 members (excludes halogenated alkanes) is 12. The van der Waals surface area contributed by atoms with Crippen molar-refractivity contribution < 1.29 is 14.4 Å². The Kier molecular flexibility index (Phi) is 25.7. The Hall–Kier alpha value is -5.83. The maximum absolute atomic E-state index is 14.4. The summed E-state index contributed by atoms with van der Waals surface area (Å²) in [4.78, 5) is 41.5. The third-order valence-corrected chi connectivity index (χ3v) is 16.9. The van der Waals surface area contributed by atoms with E-state index in [9.17, 15) is 14.4 Å². The Morgan fingerprint density at radius 3 is 1.26 bits per heavy atom. The highest BCUT2D eigenvalue weighted by atomic mass is 32.2. The normalized spacial score (nSPS) is 12.1. The molecule has 0 aromatic heterocycles. The average Bonchev–Trinajstić information content (AvgIpc) is 3.45. The second-order valence-electron chi connectivity index (χ2n) is 19.3. The fraction of sp³-hybridized carbons (Fsp3) is 0.379. The second kappa shape index (κ2) is 33.2. The van der Waals surface area contributed by atoms with Crippen LogP contribution in [0.2, 0.25) is 0 Å². The first-order chi connectivity index (χ1) is 36.5. The number of carbonyl (C=O) groups is 3. The molecule has 390 valence electrons. The maximum atomic E-state index is 14.4. The van der Waals surface area contributed by atoms with Crippen LogP contribution in [0.4, 0.5) is 0 Å². The highest BCUT2D eigenvalue weighted by Gasteiger charge is 2.39. The third kappa shape index (κ3) is 17.9. The molecule has 6 aromatic rings. The van der Waals surface area contributed by atoms with Gasteiger partial charge in [-0.25, -0.2) is 0 Å². The molecule has 6 rings (SSSR count). The lowest BCUT2D eigenvalue weighted by Gasteiger charge is -2.35. The van der Waals surface area contributed by atoms with Gasteiger partial charge < -0.3 is 16.0 Å². The van der Waals surface area contributed by atoms with E-state index in [1.807, 2.05) is 72.8 Å². The van der Waals surface area contributed by atoms with Crippen molar-refractivity contribution in [3.63, 3.8) is 0 Å². The van der Waals surface area contributed by atoms with Crippen LogP contribution in [0.25, 0.3) is 0 Å². The number of thioether (sulfide) groups is 2. The van der Waals surface area contributed by atoms with Crippen LogP contribution < -0.4 is 16.0 Å². The van der Waals surface area contributed by atoms with Crippen LogP contribution in [-0.4, -0.2) is 48.4 Å². The van der Waals surface area contributed by atoms with Gasteiger partial charge in [-0.2, -0.15) is 0 Å². The molecule has 3 N–H and O–H groups in total. The summed E-state index contributed by atoms with van der Waals surface area (Å²) < 4.78 is -1.20. The van der Waals surface area contributed by atoms with Gasteiger partial charge >= 0.3 is 0 Å². The number of nitrogens with one attached hydrogen (secondary N) is 3. The molecule has 0 fully saturated rings. The molecule has 0 aliphatic carbocycles. The van der Waals surface area contributed by atoms with E-state index in [2.05, 4.69) is 144 Å². The monoisotopic (exact) mass is 1030 g/mol. The molecule has 6 aromatic carbocycles. The molecule has 0 aliphatic heterocycles. The molecule has 74 heavy (non-hydrogen) atoms. The van der Waals surface area contributed by atoms with Crippen LogP contribution in [0.15, 0.2) is 194 Å². The first kappa shape index (κ1) is 57.4. The van der Waals surface area contributed by atoms with Crippen molar-refractivity contribution in [1.29, 1.82) is 0 Å². The van der Waals surface area contributed by atoms with Crippen LogP contribution >= 0.6 is 23.5 Å². The van der Waals surface area contributed by atoms with Crippen molar-refractivity contribution >= 4 is 41.2 Å². The number of carbonyl (C=O) groups excluding carboxylic acids is 3. The van der Waals surface area contributed by atoms with Crippen molar-refractivity contribution in [3.05, 3.63) is 228 Å². The summed E-state index contributed by atoms with van der Waals surface area (Å²) >= 11 is 3.36. The van der Waals surface area contributed by atoms with Gasteiger partial charge in [-0.15, -0.1) is 23.5 Å². The van der Waals surface area contributed by atoms with Crippen LogP contribution in [0, 0.1) is 0 Å². The fourth-order valence-corrected chi connectivity index (χ4v) is 12.6. The molecule has 0 saturated heterocycles. The Morgan fingerprint density at radius 2 is 0.824 bits per heavy atom. The quantitative estimate of drug-likeness (QED) is 0.0210. The third-order valence-electron chi connectivity index (χ3n) is 13.8. The number of amides is 3. The van der Waals surface area contributed by atoms with Gasteiger partial charge in [0.15, 0.2) is 0 Å². The van der Waals surface area contributed by atoms with Gasteiger partial charge in [-0.3, -0.25) is 14.4 Å². The zero-order valence-electron chi connectivity index (χ0n) is 43.9. The molecule has 0 bridgehead atoms. The lowest BCUT2D eigenvalue weighted by atomic mass is 9.84. The van der Waals surface area contributed by atoms with Crippen LogP contribution in [-0.2, 0) is 23.9 Å². The van der Waals surface area contributed by atoms with Gasteiger partial charge in [0.05, 0.1) is 15.2 Å². The van der Waals surface area contributed by atoms with Crippen molar-refractivity contribution in [1.82, 2.24) is 16.0 Å². The predicted molar refractivity (Wildman–Crippen MR) is 315 cm³/mol. The minimum atomic E-state index is -0.749. The minimum Gasteiger partial charge on any atom is -0.356 e. The van der Waals surface area contributed by atoms with E-state index in [1.165, 1.54) is 57.8 Å². The summed E-state index contributed by atoms with van der Waals surface area (Å²) in [5, 5.41) is 9.53. The van der Waals surface area contributed by atoms with Crippen LogP contribution in [0.5, 0.6) is 0 Å². The van der Waals surface area contributed by atoms with Gasteiger partial charge in [-0.1, -0.05) is 252 Å².